The molecule has 30 heavy (non-hydrogen) atoms. The molecule has 3 unspecified atom stereocenters. The normalized spacial score (nSPS) is 28.3. The highest BCUT2D eigenvalue weighted by atomic mass is 35.5. The van der Waals surface area contributed by atoms with Crippen molar-refractivity contribution >= 4 is 23.4 Å². The smallest absolute Gasteiger partial charge is 0.273 e. The quantitative estimate of drug-likeness (QED) is 0.556. The SMILES string of the molecule is CN1CC2(C)CC(O)C3=C(C(=O)NCc4cccc(Cl)c4F)C(O)C(O)=C(C1=O)N32. The summed E-state index contributed by atoms with van der Waals surface area (Å²) in [5.74, 6) is -2.65. The average molecular weight is 438 g/mol. The van der Waals surface area contributed by atoms with Gasteiger partial charge in [0, 0.05) is 32.1 Å². The average Bonchev–Trinajstić information content (AvgIpc) is 2.93. The number of amides is 2. The first-order valence-corrected chi connectivity index (χ1v) is 9.74. The Bertz CT molecular complexity index is 1030. The van der Waals surface area contributed by atoms with Crippen LogP contribution in [0, 0.1) is 5.82 Å². The number of carbonyl (C=O) groups excluding carboxylic acids is 2. The molecule has 3 atom stereocenters. The third-order valence-electron chi connectivity index (χ3n) is 5.85. The van der Waals surface area contributed by atoms with E-state index in [9.17, 15) is 29.3 Å². The second-order valence-corrected chi connectivity index (χ2v) is 8.45. The molecular weight excluding hydrogens is 417 g/mol. The van der Waals surface area contributed by atoms with Gasteiger partial charge in [0.2, 0.25) is 0 Å². The first kappa shape index (κ1) is 20.6. The molecule has 10 heteroatoms. The summed E-state index contributed by atoms with van der Waals surface area (Å²) in [6.45, 7) is 1.84. The number of halogens is 2. The van der Waals surface area contributed by atoms with Crippen LogP contribution in [-0.2, 0) is 16.1 Å². The number of hydrogen-bond acceptors (Lipinski definition) is 6. The maximum Gasteiger partial charge on any atom is 0.273 e. The third kappa shape index (κ3) is 2.88. The highest BCUT2D eigenvalue weighted by Crippen LogP contribution is 2.48. The highest BCUT2D eigenvalue weighted by Gasteiger charge is 2.57. The molecule has 0 spiro atoms. The number of benzene rings is 1. The summed E-state index contributed by atoms with van der Waals surface area (Å²) in [6, 6.07) is 4.36. The van der Waals surface area contributed by atoms with Gasteiger partial charge in [-0.15, -0.1) is 0 Å². The monoisotopic (exact) mass is 437 g/mol. The van der Waals surface area contributed by atoms with Gasteiger partial charge in [0.1, 0.15) is 17.6 Å². The van der Waals surface area contributed by atoms with Crippen LogP contribution >= 0.6 is 11.6 Å². The van der Waals surface area contributed by atoms with Crippen molar-refractivity contribution in [2.24, 2.45) is 0 Å². The second-order valence-electron chi connectivity index (χ2n) is 8.04. The highest BCUT2D eigenvalue weighted by molar-refractivity contribution is 6.30. The van der Waals surface area contributed by atoms with Gasteiger partial charge < -0.3 is 30.4 Å². The van der Waals surface area contributed by atoms with E-state index in [1.165, 1.54) is 28.0 Å². The minimum atomic E-state index is -1.80. The lowest BCUT2D eigenvalue weighted by molar-refractivity contribution is -0.134. The number of hydrogen-bond donors (Lipinski definition) is 4. The fraction of sp³-hybridized carbons (Fsp3) is 0.400. The summed E-state index contributed by atoms with van der Waals surface area (Å²) in [5, 5.41) is 34.3. The summed E-state index contributed by atoms with van der Waals surface area (Å²) in [4.78, 5) is 28.4. The van der Waals surface area contributed by atoms with Crippen LogP contribution in [0.5, 0.6) is 0 Å². The van der Waals surface area contributed by atoms with Gasteiger partial charge in [-0.1, -0.05) is 23.7 Å². The van der Waals surface area contributed by atoms with E-state index in [4.69, 9.17) is 11.6 Å². The van der Waals surface area contributed by atoms with Gasteiger partial charge in [0.25, 0.3) is 11.8 Å². The van der Waals surface area contributed by atoms with Gasteiger partial charge in [0.05, 0.1) is 27.9 Å². The topological polar surface area (TPSA) is 113 Å². The number of nitrogens with zero attached hydrogens (tertiary/aromatic N) is 2. The van der Waals surface area contributed by atoms with Crippen molar-refractivity contribution in [1.82, 2.24) is 15.1 Å². The van der Waals surface area contributed by atoms with Gasteiger partial charge in [-0.3, -0.25) is 9.59 Å². The standard InChI is InChI=1S/C20H21ClFN3O5/c1-20-6-11(26)14-12(18(29)23-7-9-4-3-5-10(21)13(9)22)16(27)17(28)15(25(14)20)19(30)24(2)8-20/h3-5,11,16,26-28H,6-8H2,1-2H3,(H,23,29). The lowest BCUT2D eigenvalue weighted by Crippen LogP contribution is -2.59. The molecule has 2 saturated heterocycles. The van der Waals surface area contributed by atoms with Crippen LogP contribution in [0.2, 0.25) is 5.02 Å². The first-order chi connectivity index (χ1) is 14.1. The van der Waals surface area contributed by atoms with Crippen LogP contribution in [0.3, 0.4) is 0 Å². The molecule has 2 amide bonds. The molecule has 0 bridgehead atoms. The van der Waals surface area contributed by atoms with Gasteiger partial charge >= 0.3 is 0 Å². The number of piperazine rings is 1. The van der Waals surface area contributed by atoms with Crippen LogP contribution in [0.1, 0.15) is 18.9 Å². The zero-order valence-corrected chi connectivity index (χ0v) is 17.1. The summed E-state index contributed by atoms with van der Waals surface area (Å²) in [5.41, 5.74) is -0.969. The number of carbonyl (C=O) groups is 2. The molecule has 4 rings (SSSR count). The minimum absolute atomic E-state index is 0.0725. The number of likely N-dealkylation sites (N-methyl/N-ethyl adjacent to an activating group) is 1. The van der Waals surface area contributed by atoms with Gasteiger partial charge in [-0.05, 0) is 13.0 Å². The molecule has 1 aromatic rings. The Hall–Kier alpha value is -2.62. The molecule has 3 aliphatic rings. The molecule has 1 aromatic carbocycles. The summed E-state index contributed by atoms with van der Waals surface area (Å²) in [6.07, 6.45) is -2.73. The first-order valence-electron chi connectivity index (χ1n) is 9.37. The van der Waals surface area contributed by atoms with Crippen LogP contribution in [-0.4, -0.2) is 68.3 Å². The zero-order chi connectivity index (χ0) is 22.0. The molecule has 0 radical (unpaired) electrons. The second kappa shape index (κ2) is 6.97. The Balaban J connectivity index is 1.71. The van der Waals surface area contributed by atoms with Crippen molar-refractivity contribution in [3.05, 3.63) is 57.3 Å². The zero-order valence-electron chi connectivity index (χ0n) is 16.3. The molecule has 160 valence electrons. The van der Waals surface area contributed by atoms with Crippen molar-refractivity contribution in [3.8, 4) is 0 Å². The number of nitrogens with one attached hydrogen (secondary N) is 1. The maximum atomic E-state index is 14.1. The van der Waals surface area contributed by atoms with Crippen molar-refractivity contribution in [2.75, 3.05) is 13.6 Å². The Labute approximate surface area is 176 Å². The lowest BCUT2D eigenvalue weighted by atomic mass is 9.92. The van der Waals surface area contributed by atoms with E-state index in [2.05, 4.69) is 5.32 Å². The van der Waals surface area contributed by atoms with Crippen molar-refractivity contribution in [3.63, 3.8) is 0 Å². The Kier molecular flexibility index (Phi) is 4.80. The van der Waals surface area contributed by atoms with E-state index in [1.54, 1.807) is 14.0 Å². The molecule has 4 N–H and O–H groups in total. The minimum Gasteiger partial charge on any atom is -0.507 e. The molecule has 2 fully saturated rings. The van der Waals surface area contributed by atoms with E-state index < -0.39 is 41.1 Å². The van der Waals surface area contributed by atoms with E-state index in [-0.39, 0.29) is 47.1 Å². The fourth-order valence-electron chi connectivity index (χ4n) is 4.56. The molecule has 3 heterocycles. The fourth-order valence-corrected chi connectivity index (χ4v) is 4.75. The molecule has 0 saturated carbocycles. The predicted molar refractivity (Wildman–Crippen MR) is 104 cm³/mol. The Morgan fingerprint density at radius 2 is 2.10 bits per heavy atom. The Morgan fingerprint density at radius 1 is 1.40 bits per heavy atom. The van der Waals surface area contributed by atoms with E-state index in [0.29, 0.717) is 0 Å². The predicted octanol–water partition coefficient (Wildman–Crippen LogP) is 0.791. The van der Waals surface area contributed by atoms with Gasteiger partial charge in [0.15, 0.2) is 5.76 Å². The van der Waals surface area contributed by atoms with Crippen LogP contribution < -0.4 is 5.32 Å². The molecule has 0 aromatic heterocycles. The molecule has 0 aliphatic carbocycles. The summed E-state index contributed by atoms with van der Waals surface area (Å²) >= 11 is 5.76. The largest absolute Gasteiger partial charge is 0.507 e. The van der Waals surface area contributed by atoms with Crippen molar-refractivity contribution < 1.29 is 29.3 Å². The number of aliphatic hydroxyl groups is 3. The van der Waals surface area contributed by atoms with Gasteiger partial charge in [-0.2, -0.15) is 0 Å². The lowest BCUT2D eigenvalue weighted by Gasteiger charge is -2.48. The third-order valence-corrected chi connectivity index (χ3v) is 6.14. The van der Waals surface area contributed by atoms with Crippen LogP contribution in [0.25, 0.3) is 0 Å². The van der Waals surface area contributed by atoms with Crippen LogP contribution in [0.4, 0.5) is 4.39 Å². The number of aliphatic hydroxyl groups excluding tert-OH is 3. The summed E-state index contributed by atoms with van der Waals surface area (Å²) < 4.78 is 14.1. The Morgan fingerprint density at radius 3 is 2.80 bits per heavy atom. The number of rotatable bonds is 3. The van der Waals surface area contributed by atoms with E-state index in [1.807, 2.05) is 0 Å². The van der Waals surface area contributed by atoms with E-state index >= 15 is 0 Å². The van der Waals surface area contributed by atoms with Crippen molar-refractivity contribution in [2.45, 2.75) is 37.6 Å². The van der Waals surface area contributed by atoms with E-state index in [0.717, 1.165) is 0 Å². The molecular formula is C20H21ClFN3O5. The molecule has 3 aliphatic heterocycles. The van der Waals surface area contributed by atoms with Crippen molar-refractivity contribution in [1.29, 1.82) is 0 Å². The summed E-state index contributed by atoms with van der Waals surface area (Å²) in [7, 11) is 1.56. The van der Waals surface area contributed by atoms with Gasteiger partial charge in [-0.25, -0.2) is 4.39 Å². The molecule has 8 nitrogen and oxygen atoms in total. The van der Waals surface area contributed by atoms with Crippen LogP contribution in [0.15, 0.2) is 40.9 Å². The maximum absolute atomic E-state index is 14.1.